The Balaban J connectivity index is 2.68. The van der Waals surface area contributed by atoms with E-state index in [2.05, 4.69) is 14.7 Å². The highest BCUT2D eigenvalue weighted by Crippen LogP contribution is 2.21. The number of nitrogens with one attached hydrogen (secondary N) is 1. The number of rotatable bonds is 3. The largest absolute Gasteiger partial charge is 0.333 e. The van der Waals surface area contributed by atoms with Gasteiger partial charge in [-0.25, -0.2) is 0 Å². The molecular weight excluding hydrogens is 208 g/mol. The highest BCUT2D eigenvalue weighted by Gasteiger charge is 2.26. The zero-order valence-electron chi connectivity index (χ0n) is 7.50. The standard InChI is InChI=1S/C6H12N4O3S/c7-10-8-5-3-1-2-4-6(5)9-14(11,12)13/h5-6,9H,1-4H2,(H,11,12,13). The van der Waals surface area contributed by atoms with Crippen molar-refractivity contribution < 1.29 is 13.0 Å². The third kappa shape index (κ3) is 3.51. The fraction of sp³-hybridized carbons (Fsp3) is 1.00. The second-order valence-electron chi connectivity index (χ2n) is 3.26. The maximum atomic E-state index is 10.6. The molecule has 2 unspecified atom stereocenters. The Labute approximate surface area is 82.0 Å². The lowest BCUT2D eigenvalue weighted by Crippen LogP contribution is -2.43. The van der Waals surface area contributed by atoms with Crippen LogP contribution in [0.2, 0.25) is 0 Å². The van der Waals surface area contributed by atoms with Crippen LogP contribution in [0.25, 0.3) is 10.4 Å². The Morgan fingerprint density at radius 3 is 2.64 bits per heavy atom. The number of hydrogen-bond donors (Lipinski definition) is 2. The predicted octanol–water partition coefficient (Wildman–Crippen LogP) is 1.00. The monoisotopic (exact) mass is 220 g/mol. The van der Waals surface area contributed by atoms with Gasteiger partial charge in [0.05, 0.1) is 6.04 Å². The summed E-state index contributed by atoms with van der Waals surface area (Å²) in [6, 6.07) is -0.870. The lowest BCUT2D eigenvalue weighted by Gasteiger charge is -2.27. The summed E-state index contributed by atoms with van der Waals surface area (Å²) in [7, 11) is -4.21. The van der Waals surface area contributed by atoms with Gasteiger partial charge in [-0.15, -0.1) is 0 Å². The van der Waals surface area contributed by atoms with Crippen molar-refractivity contribution in [3.05, 3.63) is 10.4 Å². The average Bonchev–Trinajstić information content (AvgIpc) is 2.06. The van der Waals surface area contributed by atoms with Gasteiger partial charge >= 0.3 is 10.3 Å². The smallest absolute Gasteiger partial charge is 0.273 e. The first-order chi connectivity index (χ1) is 6.53. The van der Waals surface area contributed by atoms with Crippen molar-refractivity contribution in [3.63, 3.8) is 0 Å². The minimum atomic E-state index is -4.21. The zero-order chi connectivity index (χ0) is 10.6. The molecule has 0 amide bonds. The maximum absolute atomic E-state index is 10.6. The molecule has 0 aromatic carbocycles. The van der Waals surface area contributed by atoms with Crippen LogP contribution in [0.1, 0.15) is 25.7 Å². The third-order valence-electron chi connectivity index (χ3n) is 2.23. The molecule has 0 heterocycles. The minimum absolute atomic E-state index is 0.393. The Bertz CT molecular complexity index is 335. The molecule has 1 aliphatic rings. The van der Waals surface area contributed by atoms with Crippen LogP contribution in [-0.2, 0) is 10.3 Å². The summed E-state index contributed by atoms with van der Waals surface area (Å²) in [5.74, 6) is 0. The molecule has 14 heavy (non-hydrogen) atoms. The van der Waals surface area contributed by atoms with E-state index in [1.165, 1.54) is 0 Å². The summed E-state index contributed by atoms with van der Waals surface area (Å²) in [5.41, 5.74) is 8.25. The third-order valence-corrected chi connectivity index (χ3v) is 2.83. The molecule has 1 rings (SSSR count). The average molecular weight is 220 g/mol. The summed E-state index contributed by atoms with van der Waals surface area (Å²) in [6.45, 7) is 0. The van der Waals surface area contributed by atoms with Gasteiger partial charge in [-0.1, -0.05) is 18.0 Å². The van der Waals surface area contributed by atoms with E-state index < -0.39 is 22.4 Å². The quantitative estimate of drug-likeness (QED) is 0.320. The molecule has 8 heteroatoms. The van der Waals surface area contributed by atoms with Crippen LogP contribution in [0.15, 0.2) is 5.11 Å². The van der Waals surface area contributed by atoms with Crippen LogP contribution in [0.4, 0.5) is 0 Å². The topological polar surface area (TPSA) is 115 Å². The molecule has 80 valence electrons. The van der Waals surface area contributed by atoms with Crippen molar-refractivity contribution in [2.75, 3.05) is 0 Å². The molecule has 0 aliphatic heterocycles. The minimum Gasteiger partial charge on any atom is -0.273 e. The second kappa shape index (κ2) is 4.61. The van der Waals surface area contributed by atoms with E-state index in [1.807, 2.05) is 0 Å². The van der Waals surface area contributed by atoms with Crippen molar-refractivity contribution in [2.45, 2.75) is 37.8 Å². The molecule has 0 saturated heterocycles. The van der Waals surface area contributed by atoms with Crippen molar-refractivity contribution >= 4 is 10.3 Å². The fourth-order valence-corrected chi connectivity index (χ4v) is 2.30. The highest BCUT2D eigenvalue weighted by molar-refractivity contribution is 7.83. The molecule has 2 N–H and O–H groups in total. The number of hydrogen-bond acceptors (Lipinski definition) is 3. The lowest BCUT2D eigenvalue weighted by atomic mass is 9.92. The number of azide groups is 1. The van der Waals surface area contributed by atoms with Crippen molar-refractivity contribution in [1.82, 2.24) is 4.72 Å². The molecule has 0 radical (unpaired) electrons. The van der Waals surface area contributed by atoms with Gasteiger partial charge in [0, 0.05) is 11.0 Å². The maximum Gasteiger partial charge on any atom is 0.333 e. The molecule has 2 atom stereocenters. The summed E-state index contributed by atoms with van der Waals surface area (Å²) in [5, 5.41) is 3.49. The summed E-state index contributed by atoms with van der Waals surface area (Å²) in [4.78, 5) is 2.65. The van der Waals surface area contributed by atoms with E-state index >= 15 is 0 Å². The van der Waals surface area contributed by atoms with E-state index in [0.717, 1.165) is 12.8 Å². The normalized spacial score (nSPS) is 28.1. The highest BCUT2D eigenvalue weighted by atomic mass is 32.2. The van der Waals surface area contributed by atoms with E-state index in [-0.39, 0.29) is 0 Å². The molecule has 0 bridgehead atoms. The summed E-state index contributed by atoms with van der Waals surface area (Å²) in [6.07, 6.45) is 3.01. The van der Waals surface area contributed by atoms with Gasteiger partial charge in [0.15, 0.2) is 0 Å². The van der Waals surface area contributed by atoms with Gasteiger partial charge in [0.2, 0.25) is 0 Å². The van der Waals surface area contributed by atoms with Crippen molar-refractivity contribution in [3.8, 4) is 0 Å². The predicted molar refractivity (Wildman–Crippen MR) is 49.9 cm³/mol. The molecule has 0 spiro atoms. The van der Waals surface area contributed by atoms with Gasteiger partial charge in [0.25, 0.3) is 0 Å². The van der Waals surface area contributed by atoms with Crippen molar-refractivity contribution in [1.29, 1.82) is 0 Å². The van der Waals surface area contributed by atoms with Gasteiger partial charge < -0.3 is 0 Å². The van der Waals surface area contributed by atoms with E-state index in [1.54, 1.807) is 0 Å². The first-order valence-electron chi connectivity index (χ1n) is 4.32. The van der Waals surface area contributed by atoms with Crippen LogP contribution >= 0.6 is 0 Å². The molecular formula is C6H12N4O3S. The van der Waals surface area contributed by atoms with Crippen LogP contribution in [0.5, 0.6) is 0 Å². The first kappa shape index (κ1) is 11.3. The molecule has 7 nitrogen and oxygen atoms in total. The Kier molecular flexibility index (Phi) is 3.70. The summed E-state index contributed by atoms with van der Waals surface area (Å²) >= 11 is 0. The summed E-state index contributed by atoms with van der Waals surface area (Å²) < 4.78 is 31.8. The Morgan fingerprint density at radius 1 is 1.43 bits per heavy atom. The van der Waals surface area contributed by atoms with Crippen LogP contribution in [-0.4, -0.2) is 25.1 Å². The molecule has 0 aromatic heterocycles. The van der Waals surface area contributed by atoms with Gasteiger partial charge in [-0.05, 0) is 18.4 Å². The van der Waals surface area contributed by atoms with Crippen LogP contribution in [0.3, 0.4) is 0 Å². The Hall–Kier alpha value is -0.820. The van der Waals surface area contributed by atoms with E-state index in [0.29, 0.717) is 12.8 Å². The number of nitrogens with zero attached hydrogens (tertiary/aromatic N) is 3. The fourth-order valence-electron chi connectivity index (χ4n) is 1.64. The van der Waals surface area contributed by atoms with Gasteiger partial charge in [-0.3, -0.25) is 4.55 Å². The van der Waals surface area contributed by atoms with E-state index in [9.17, 15) is 8.42 Å². The molecule has 1 fully saturated rings. The molecule has 1 aliphatic carbocycles. The van der Waals surface area contributed by atoms with Crippen LogP contribution in [0, 0.1) is 0 Å². The van der Waals surface area contributed by atoms with Gasteiger partial charge in [0.1, 0.15) is 0 Å². The molecule has 1 saturated carbocycles. The SMILES string of the molecule is [N-]=[N+]=NC1CCCCC1NS(=O)(=O)O. The molecule has 0 aromatic rings. The van der Waals surface area contributed by atoms with E-state index in [4.69, 9.17) is 10.1 Å². The Morgan fingerprint density at radius 2 is 2.07 bits per heavy atom. The van der Waals surface area contributed by atoms with Crippen LogP contribution < -0.4 is 4.72 Å². The second-order valence-corrected chi connectivity index (χ2v) is 4.44. The lowest BCUT2D eigenvalue weighted by molar-refractivity contribution is 0.347. The van der Waals surface area contributed by atoms with Crippen molar-refractivity contribution in [2.24, 2.45) is 5.11 Å². The van der Waals surface area contributed by atoms with Gasteiger partial charge in [-0.2, -0.15) is 13.1 Å². The zero-order valence-corrected chi connectivity index (χ0v) is 8.31. The first-order valence-corrected chi connectivity index (χ1v) is 5.76.